The van der Waals surface area contributed by atoms with Gasteiger partial charge in [0.15, 0.2) is 5.03 Å². The van der Waals surface area contributed by atoms with Crippen molar-refractivity contribution in [2.75, 3.05) is 32.7 Å². The summed E-state index contributed by atoms with van der Waals surface area (Å²) in [5.74, 6) is 0. The minimum absolute atomic E-state index is 0.171. The fourth-order valence-corrected chi connectivity index (χ4v) is 4.33. The topological polar surface area (TPSA) is 74.2 Å². The highest BCUT2D eigenvalue weighted by Crippen LogP contribution is 2.15. The van der Waals surface area contributed by atoms with Crippen molar-refractivity contribution in [3.63, 3.8) is 0 Å². The van der Waals surface area contributed by atoms with E-state index >= 15 is 0 Å². The first-order valence-corrected chi connectivity index (χ1v) is 9.26. The fraction of sp³-hybridized carbons (Fsp3) is 0.533. The van der Waals surface area contributed by atoms with Gasteiger partial charge < -0.3 is 9.55 Å². The van der Waals surface area contributed by atoms with E-state index in [1.54, 1.807) is 0 Å². The molecule has 0 atom stereocenters. The molecule has 8 heteroatoms. The molecule has 126 valence electrons. The molecular weight excluding hydrogens is 314 g/mol. The Labute approximate surface area is 137 Å². The molecule has 1 fully saturated rings. The summed E-state index contributed by atoms with van der Waals surface area (Å²) in [6, 6.07) is 4.26. The molecule has 2 aromatic heterocycles. The number of sulfonamides is 1. The van der Waals surface area contributed by atoms with Crippen LogP contribution in [0.2, 0.25) is 0 Å². The maximum absolute atomic E-state index is 12.4. The van der Waals surface area contributed by atoms with Crippen molar-refractivity contribution in [1.82, 2.24) is 23.7 Å². The average Bonchev–Trinajstić information content (AvgIpc) is 3.18. The van der Waals surface area contributed by atoms with Crippen LogP contribution in [-0.4, -0.2) is 64.9 Å². The molecular formula is C15H23N5O2S. The van der Waals surface area contributed by atoms with Gasteiger partial charge in [-0.3, -0.25) is 4.90 Å². The van der Waals surface area contributed by atoms with Crippen LogP contribution < -0.4 is 0 Å². The summed E-state index contributed by atoms with van der Waals surface area (Å²) in [6.45, 7) is 8.66. The minimum atomic E-state index is -3.43. The monoisotopic (exact) mass is 337 g/mol. The van der Waals surface area contributed by atoms with E-state index in [0.29, 0.717) is 13.1 Å². The molecule has 3 rings (SSSR count). The van der Waals surface area contributed by atoms with E-state index in [2.05, 4.69) is 45.4 Å². The number of hydrogen-bond acceptors (Lipinski definition) is 4. The van der Waals surface area contributed by atoms with E-state index in [9.17, 15) is 8.42 Å². The Hall–Kier alpha value is -1.64. The van der Waals surface area contributed by atoms with E-state index in [0.717, 1.165) is 26.2 Å². The highest BCUT2D eigenvalue weighted by Gasteiger charge is 2.29. The third kappa shape index (κ3) is 3.34. The summed E-state index contributed by atoms with van der Waals surface area (Å²) < 4.78 is 28.7. The fourth-order valence-electron chi connectivity index (χ4n) is 3.01. The van der Waals surface area contributed by atoms with Gasteiger partial charge in [0.25, 0.3) is 10.0 Å². The third-order valence-corrected chi connectivity index (χ3v) is 6.30. The highest BCUT2D eigenvalue weighted by atomic mass is 32.2. The molecule has 0 saturated carbocycles. The number of piperazine rings is 1. The second-order valence-corrected chi connectivity index (χ2v) is 7.84. The Balaban J connectivity index is 1.55. The SMILES string of the molecule is Cc1ccc(C)n1CCN1CCN(S(=O)(=O)c2cnc[nH]2)CC1. The van der Waals surface area contributed by atoms with Gasteiger partial charge in [-0.1, -0.05) is 0 Å². The van der Waals surface area contributed by atoms with Gasteiger partial charge in [0.1, 0.15) is 0 Å². The zero-order chi connectivity index (χ0) is 16.4. The molecule has 1 N–H and O–H groups in total. The van der Waals surface area contributed by atoms with Crippen LogP contribution >= 0.6 is 0 Å². The first-order chi connectivity index (χ1) is 11.0. The summed E-state index contributed by atoms with van der Waals surface area (Å²) in [5, 5.41) is 0.171. The van der Waals surface area contributed by atoms with Gasteiger partial charge in [-0.2, -0.15) is 4.31 Å². The quantitative estimate of drug-likeness (QED) is 0.877. The molecule has 0 radical (unpaired) electrons. The lowest BCUT2D eigenvalue weighted by Crippen LogP contribution is -2.49. The molecule has 0 aromatic carbocycles. The summed E-state index contributed by atoms with van der Waals surface area (Å²) in [4.78, 5) is 8.80. The molecule has 0 bridgehead atoms. The zero-order valence-electron chi connectivity index (χ0n) is 13.6. The summed E-state index contributed by atoms with van der Waals surface area (Å²) in [5.41, 5.74) is 2.53. The van der Waals surface area contributed by atoms with E-state index in [4.69, 9.17) is 0 Å². The third-order valence-electron chi connectivity index (χ3n) is 4.48. The lowest BCUT2D eigenvalue weighted by molar-refractivity contribution is 0.182. The van der Waals surface area contributed by atoms with Crippen LogP contribution in [0.3, 0.4) is 0 Å². The summed E-state index contributed by atoms with van der Waals surface area (Å²) >= 11 is 0. The normalized spacial score (nSPS) is 17.7. The summed E-state index contributed by atoms with van der Waals surface area (Å²) in [6.07, 6.45) is 2.75. The zero-order valence-corrected chi connectivity index (χ0v) is 14.4. The Bertz CT molecular complexity index is 723. The number of aromatic nitrogens is 3. The minimum Gasteiger partial charge on any atom is -0.348 e. The molecule has 7 nitrogen and oxygen atoms in total. The molecule has 1 aliphatic heterocycles. The van der Waals surface area contributed by atoms with Crippen LogP contribution in [0.1, 0.15) is 11.4 Å². The van der Waals surface area contributed by atoms with Crippen LogP contribution in [0.5, 0.6) is 0 Å². The van der Waals surface area contributed by atoms with Crippen molar-refractivity contribution < 1.29 is 8.42 Å². The molecule has 0 unspecified atom stereocenters. The van der Waals surface area contributed by atoms with Crippen molar-refractivity contribution in [2.24, 2.45) is 0 Å². The van der Waals surface area contributed by atoms with E-state index in [-0.39, 0.29) is 5.03 Å². The first kappa shape index (κ1) is 16.2. The van der Waals surface area contributed by atoms with Gasteiger partial charge in [-0.05, 0) is 26.0 Å². The molecule has 1 aliphatic rings. The smallest absolute Gasteiger partial charge is 0.260 e. The number of nitrogens with one attached hydrogen (secondary N) is 1. The van der Waals surface area contributed by atoms with Crippen molar-refractivity contribution in [2.45, 2.75) is 25.4 Å². The predicted molar refractivity (Wildman–Crippen MR) is 87.7 cm³/mol. The van der Waals surface area contributed by atoms with Crippen molar-refractivity contribution in [3.05, 3.63) is 36.0 Å². The van der Waals surface area contributed by atoms with Crippen LogP contribution in [0.15, 0.2) is 29.7 Å². The highest BCUT2D eigenvalue weighted by molar-refractivity contribution is 7.89. The Morgan fingerprint density at radius 1 is 1.09 bits per heavy atom. The number of aromatic amines is 1. The van der Waals surface area contributed by atoms with E-state index in [1.165, 1.54) is 28.2 Å². The van der Waals surface area contributed by atoms with Gasteiger partial charge in [-0.25, -0.2) is 13.4 Å². The van der Waals surface area contributed by atoms with Crippen molar-refractivity contribution in [1.29, 1.82) is 0 Å². The number of rotatable bonds is 5. The maximum Gasteiger partial charge on any atom is 0.260 e. The lowest BCUT2D eigenvalue weighted by atomic mass is 10.3. The first-order valence-electron chi connectivity index (χ1n) is 7.82. The van der Waals surface area contributed by atoms with Crippen LogP contribution in [0.25, 0.3) is 0 Å². The van der Waals surface area contributed by atoms with Gasteiger partial charge in [0.2, 0.25) is 0 Å². The van der Waals surface area contributed by atoms with Gasteiger partial charge >= 0.3 is 0 Å². The Kier molecular flexibility index (Phi) is 4.56. The molecule has 3 heterocycles. The second kappa shape index (κ2) is 6.46. The molecule has 0 amide bonds. The molecule has 0 aliphatic carbocycles. The number of imidazole rings is 1. The maximum atomic E-state index is 12.4. The summed E-state index contributed by atoms with van der Waals surface area (Å²) in [7, 11) is -3.43. The standard InChI is InChI=1S/C15H23N5O2S/c1-13-3-4-14(2)20(13)10-7-18-5-8-19(9-6-18)23(21,22)15-11-16-12-17-15/h3-4,11-12H,5-10H2,1-2H3,(H,16,17). The van der Waals surface area contributed by atoms with Gasteiger partial charge in [0.05, 0.1) is 12.5 Å². The predicted octanol–water partition coefficient (Wildman–Crippen LogP) is 0.835. The molecule has 2 aromatic rings. The van der Waals surface area contributed by atoms with E-state index in [1.807, 2.05) is 0 Å². The number of hydrogen-bond donors (Lipinski definition) is 1. The van der Waals surface area contributed by atoms with Gasteiger partial charge in [0, 0.05) is 50.7 Å². The second-order valence-electron chi connectivity index (χ2n) is 5.93. The van der Waals surface area contributed by atoms with E-state index < -0.39 is 10.0 Å². The van der Waals surface area contributed by atoms with Gasteiger partial charge in [-0.15, -0.1) is 0 Å². The Morgan fingerprint density at radius 2 is 1.74 bits per heavy atom. The molecule has 0 spiro atoms. The van der Waals surface area contributed by atoms with Crippen LogP contribution in [-0.2, 0) is 16.6 Å². The van der Waals surface area contributed by atoms with Crippen LogP contribution in [0, 0.1) is 13.8 Å². The number of aryl methyl sites for hydroxylation is 2. The molecule has 23 heavy (non-hydrogen) atoms. The van der Waals surface area contributed by atoms with Crippen molar-refractivity contribution in [3.8, 4) is 0 Å². The largest absolute Gasteiger partial charge is 0.348 e. The number of nitrogens with zero attached hydrogens (tertiary/aromatic N) is 4. The van der Waals surface area contributed by atoms with Crippen molar-refractivity contribution >= 4 is 10.0 Å². The van der Waals surface area contributed by atoms with Crippen LogP contribution in [0.4, 0.5) is 0 Å². The average molecular weight is 337 g/mol. The Morgan fingerprint density at radius 3 is 2.30 bits per heavy atom. The molecule has 1 saturated heterocycles. The number of H-pyrrole nitrogens is 1. The lowest BCUT2D eigenvalue weighted by Gasteiger charge is -2.33.